The monoisotopic (exact) mass is 171 g/mol. The number of amides is 2. The molecule has 0 bridgehead atoms. The molecule has 2 amide bonds. The molecule has 68 valence electrons. The molecule has 0 aliphatic carbocycles. The van der Waals surface area contributed by atoms with E-state index < -0.39 is 11.9 Å². The highest BCUT2D eigenvalue weighted by Crippen LogP contribution is 2.00. The average Bonchev–Trinajstić information content (AvgIpc) is 2.36. The largest absolute Gasteiger partial charge is 0.368 e. The third-order valence-corrected chi connectivity index (χ3v) is 1.93. The topological polar surface area (TPSA) is 84.2 Å². The third kappa shape index (κ3) is 1.94. The molecule has 2 atom stereocenters. The molecule has 0 spiro atoms. The normalized spacial score (nSPS) is 25.1. The van der Waals surface area contributed by atoms with Crippen LogP contribution in [0.4, 0.5) is 0 Å². The second-order valence-corrected chi connectivity index (χ2v) is 2.92. The molecular weight excluding hydrogens is 158 g/mol. The number of hydrogen-bond donors (Lipinski definition) is 3. The van der Waals surface area contributed by atoms with Gasteiger partial charge in [-0.25, -0.2) is 0 Å². The zero-order chi connectivity index (χ0) is 9.14. The Kier molecular flexibility index (Phi) is 2.65. The lowest BCUT2D eigenvalue weighted by atomic mass is 10.2. The van der Waals surface area contributed by atoms with Gasteiger partial charge in [-0.2, -0.15) is 0 Å². The minimum absolute atomic E-state index is 0.0527. The van der Waals surface area contributed by atoms with Crippen LogP contribution in [0.15, 0.2) is 0 Å². The van der Waals surface area contributed by atoms with E-state index in [1.165, 1.54) is 0 Å². The van der Waals surface area contributed by atoms with Crippen molar-refractivity contribution < 1.29 is 9.59 Å². The van der Waals surface area contributed by atoms with Gasteiger partial charge in [0, 0.05) is 6.54 Å². The second kappa shape index (κ2) is 3.53. The van der Waals surface area contributed by atoms with E-state index in [2.05, 4.69) is 10.6 Å². The number of carbonyl (C=O) groups is 2. The zero-order valence-corrected chi connectivity index (χ0v) is 6.96. The van der Waals surface area contributed by atoms with Crippen molar-refractivity contribution in [3.8, 4) is 0 Å². The van der Waals surface area contributed by atoms with Crippen molar-refractivity contribution in [3.05, 3.63) is 0 Å². The number of primary amides is 1. The van der Waals surface area contributed by atoms with Gasteiger partial charge in [-0.1, -0.05) is 0 Å². The fourth-order valence-electron chi connectivity index (χ4n) is 1.14. The van der Waals surface area contributed by atoms with Gasteiger partial charge in [-0.3, -0.25) is 14.9 Å². The van der Waals surface area contributed by atoms with Gasteiger partial charge in [0.25, 0.3) is 0 Å². The van der Waals surface area contributed by atoms with Crippen LogP contribution in [0.2, 0.25) is 0 Å². The van der Waals surface area contributed by atoms with Crippen molar-refractivity contribution in [3.63, 3.8) is 0 Å². The summed E-state index contributed by atoms with van der Waals surface area (Å²) in [6.07, 6.45) is 0.719. The Bertz CT molecular complexity index is 205. The highest BCUT2D eigenvalue weighted by molar-refractivity contribution is 5.85. The predicted molar refractivity (Wildman–Crippen MR) is 43.2 cm³/mol. The maximum atomic E-state index is 11.0. The molecular formula is C7H13N3O2. The van der Waals surface area contributed by atoms with Crippen LogP contribution in [0.5, 0.6) is 0 Å². The van der Waals surface area contributed by atoms with Gasteiger partial charge < -0.3 is 11.1 Å². The molecule has 0 saturated carbocycles. The standard InChI is InChI=1S/C7H13N3O2/c1-4(6(8)11)10-5-2-3-9-7(5)12/h4-5,10H,2-3H2,1H3,(H2,8,11)(H,9,12)/t4-,5-/m0/s1. The van der Waals surface area contributed by atoms with E-state index in [1.54, 1.807) is 6.92 Å². The number of hydrogen-bond acceptors (Lipinski definition) is 3. The number of nitrogens with one attached hydrogen (secondary N) is 2. The smallest absolute Gasteiger partial charge is 0.237 e. The van der Waals surface area contributed by atoms with Gasteiger partial charge in [0.05, 0.1) is 12.1 Å². The van der Waals surface area contributed by atoms with Gasteiger partial charge in [0.15, 0.2) is 0 Å². The first-order valence-electron chi connectivity index (χ1n) is 3.94. The van der Waals surface area contributed by atoms with Gasteiger partial charge in [0.2, 0.25) is 11.8 Å². The number of nitrogens with two attached hydrogens (primary N) is 1. The summed E-state index contributed by atoms with van der Waals surface area (Å²) in [5.74, 6) is -0.488. The molecule has 0 unspecified atom stereocenters. The molecule has 5 nitrogen and oxygen atoms in total. The van der Waals surface area contributed by atoms with E-state index in [4.69, 9.17) is 5.73 Å². The molecule has 0 aromatic rings. The van der Waals surface area contributed by atoms with Gasteiger partial charge in [-0.15, -0.1) is 0 Å². The maximum Gasteiger partial charge on any atom is 0.237 e. The van der Waals surface area contributed by atoms with E-state index in [9.17, 15) is 9.59 Å². The van der Waals surface area contributed by atoms with Gasteiger partial charge >= 0.3 is 0 Å². The van der Waals surface area contributed by atoms with Crippen LogP contribution in [-0.4, -0.2) is 30.4 Å². The summed E-state index contributed by atoms with van der Waals surface area (Å²) in [7, 11) is 0. The first-order chi connectivity index (χ1) is 5.61. The van der Waals surface area contributed by atoms with Crippen molar-refractivity contribution in [2.24, 2.45) is 5.73 Å². The minimum atomic E-state index is -0.446. The van der Waals surface area contributed by atoms with Crippen molar-refractivity contribution in [2.75, 3.05) is 6.54 Å². The van der Waals surface area contributed by atoms with Gasteiger partial charge in [-0.05, 0) is 13.3 Å². The predicted octanol–water partition coefficient (Wildman–Crippen LogP) is -1.66. The average molecular weight is 171 g/mol. The quantitative estimate of drug-likeness (QED) is 0.475. The molecule has 12 heavy (non-hydrogen) atoms. The lowest BCUT2D eigenvalue weighted by Gasteiger charge is -2.13. The molecule has 1 fully saturated rings. The first-order valence-corrected chi connectivity index (χ1v) is 3.94. The van der Waals surface area contributed by atoms with Crippen molar-refractivity contribution in [1.29, 1.82) is 0 Å². The summed E-state index contributed by atoms with van der Waals surface area (Å²) in [5, 5.41) is 5.50. The fraction of sp³-hybridized carbons (Fsp3) is 0.714. The summed E-state index contributed by atoms with van der Waals surface area (Å²) in [6.45, 7) is 2.32. The number of carbonyl (C=O) groups excluding carboxylic acids is 2. The van der Waals surface area contributed by atoms with E-state index in [0.717, 1.165) is 6.42 Å². The first kappa shape index (κ1) is 8.99. The SMILES string of the molecule is C[C@H](N[C@H]1CCNC1=O)C(N)=O. The van der Waals surface area contributed by atoms with Crippen molar-refractivity contribution in [1.82, 2.24) is 10.6 Å². The highest BCUT2D eigenvalue weighted by atomic mass is 16.2. The Hall–Kier alpha value is -1.10. The lowest BCUT2D eigenvalue weighted by molar-refractivity contribution is -0.122. The zero-order valence-electron chi connectivity index (χ0n) is 6.96. The Morgan fingerprint density at radius 3 is 2.92 bits per heavy atom. The summed E-state index contributed by atoms with van der Waals surface area (Å²) in [4.78, 5) is 21.6. The second-order valence-electron chi connectivity index (χ2n) is 2.92. The Morgan fingerprint density at radius 1 is 1.83 bits per heavy atom. The number of rotatable bonds is 3. The Labute approximate surface area is 70.7 Å². The molecule has 0 aromatic carbocycles. The van der Waals surface area contributed by atoms with Crippen LogP contribution < -0.4 is 16.4 Å². The summed E-state index contributed by atoms with van der Waals surface area (Å²) in [5.41, 5.74) is 5.03. The molecule has 1 saturated heterocycles. The molecule has 1 heterocycles. The maximum absolute atomic E-state index is 11.0. The highest BCUT2D eigenvalue weighted by Gasteiger charge is 2.26. The van der Waals surface area contributed by atoms with Crippen molar-refractivity contribution >= 4 is 11.8 Å². The van der Waals surface area contributed by atoms with E-state index in [-0.39, 0.29) is 11.9 Å². The Morgan fingerprint density at radius 2 is 2.50 bits per heavy atom. The summed E-state index contributed by atoms with van der Waals surface area (Å²) in [6, 6.07) is -0.702. The Balaban J connectivity index is 2.40. The molecule has 1 aliphatic rings. The third-order valence-electron chi connectivity index (χ3n) is 1.93. The van der Waals surface area contributed by atoms with Crippen LogP contribution >= 0.6 is 0 Å². The van der Waals surface area contributed by atoms with E-state index >= 15 is 0 Å². The van der Waals surface area contributed by atoms with E-state index in [0.29, 0.717) is 6.54 Å². The van der Waals surface area contributed by atoms with E-state index in [1.807, 2.05) is 0 Å². The minimum Gasteiger partial charge on any atom is -0.368 e. The molecule has 1 aliphatic heterocycles. The van der Waals surface area contributed by atoms with Crippen molar-refractivity contribution in [2.45, 2.75) is 25.4 Å². The molecule has 0 aromatic heterocycles. The van der Waals surface area contributed by atoms with Crippen LogP contribution in [0.25, 0.3) is 0 Å². The van der Waals surface area contributed by atoms with Gasteiger partial charge in [0.1, 0.15) is 0 Å². The molecule has 4 N–H and O–H groups in total. The summed E-state index contributed by atoms with van der Waals surface area (Å²) >= 11 is 0. The van der Waals surface area contributed by atoms with Crippen LogP contribution in [-0.2, 0) is 9.59 Å². The molecule has 1 rings (SSSR count). The lowest BCUT2D eigenvalue weighted by Crippen LogP contribution is -2.47. The summed E-state index contributed by atoms with van der Waals surface area (Å²) < 4.78 is 0. The fourth-order valence-corrected chi connectivity index (χ4v) is 1.14. The van der Waals surface area contributed by atoms with Crippen LogP contribution in [0.3, 0.4) is 0 Å². The molecule has 0 radical (unpaired) electrons. The van der Waals surface area contributed by atoms with Crippen LogP contribution in [0, 0.1) is 0 Å². The van der Waals surface area contributed by atoms with Crippen LogP contribution in [0.1, 0.15) is 13.3 Å². The molecule has 5 heteroatoms.